The van der Waals surface area contributed by atoms with Crippen molar-refractivity contribution in [2.45, 2.75) is 5.92 Å². The van der Waals surface area contributed by atoms with Crippen LogP contribution in [0.15, 0.2) is 60.0 Å². The van der Waals surface area contributed by atoms with Crippen molar-refractivity contribution in [3.05, 3.63) is 81.2 Å². The fraction of sp³-hybridized carbons (Fsp3) is 0.0526. The van der Waals surface area contributed by atoms with Gasteiger partial charge in [0.25, 0.3) is 0 Å². The van der Waals surface area contributed by atoms with Crippen molar-refractivity contribution < 1.29 is 4.74 Å². The zero-order chi connectivity index (χ0) is 18.3. The molecule has 3 N–H and O–H groups in total. The van der Waals surface area contributed by atoms with Crippen LogP contribution >= 0.6 is 23.2 Å². The average Bonchev–Trinajstić information content (AvgIpc) is 3.07. The number of nitrogens with one attached hydrogen (secondary N) is 1. The third-order valence-electron chi connectivity index (χ3n) is 4.29. The summed E-state index contributed by atoms with van der Waals surface area (Å²) in [6.45, 7) is 0. The Balaban J connectivity index is 2.00. The van der Waals surface area contributed by atoms with Gasteiger partial charge in [0.1, 0.15) is 11.6 Å². The number of fused-ring (bicyclic) bond motifs is 1. The maximum Gasteiger partial charge on any atom is 0.244 e. The van der Waals surface area contributed by atoms with E-state index in [1.807, 2.05) is 36.4 Å². The highest BCUT2D eigenvalue weighted by molar-refractivity contribution is 6.42. The first-order valence-electron chi connectivity index (χ1n) is 7.77. The van der Waals surface area contributed by atoms with E-state index in [-0.39, 0.29) is 11.5 Å². The van der Waals surface area contributed by atoms with Crippen LogP contribution in [0.4, 0.5) is 0 Å². The van der Waals surface area contributed by atoms with Crippen LogP contribution < -0.4 is 10.5 Å². The Morgan fingerprint density at radius 3 is 2.62 bits per heavy atom. The van der Waals surface area contributed by atoms with Crippen molar-refractivity contribution in [1.82, 2.24) is 10.2 Å². The van der Waals surface area contributed by atoms with Crippen LogP contribution in [0.25, 0.3) is 11.3 Å². The first kappa shape index (κ1) is 16.5. The zero-order valence-corrected chi connectivity index (χ0v) is 14.8. The maximum absolute atomic E-state index is 9.70. The van der Waals surface area contributed by atoms with Crippen LogP contribution in [-0.2, 0) is 0 Å². The van der Waals surface area contributed by atoms with Gasteiger partial charge in [0.05, 0.1) is 27.2 Å². The smallest absolute Gasteiger partial charge is 0.244 e. The van der Waals surface area contributed by atoms with E-state index in [1.165, 1.54) is 0 Å². The number of nitriles is 1. The number of allylic oxidation sites excluding steroid dienone is 1. The maximum atomic E-state index is 9.70. The van der Waals surface area contributed by atoms with Gasteiger partial charge in [0.15, 0.2) is 0 Å². The van der Waals surface area contributed by atoms with Gasteiger partial charge >= 0.3 is 0 Å². The van der Waals surface area contributed by atoms with Crippen molar-refractivity contribution in [3.63, 3.8) is 0 Å². The van der Waals surface area contributed by atoms with Gasteiger partial charge in [-0.05, 0) is 17.2 Å². The Morgan fingerprint density at radius 1 is 1.12 bits per heavy atom. The highest BCUT2D eigenvalue weighted by Gasteiger charge is 2.36. The lowest BCUT2D eigenvalue weighted by Gasteiger charge is -2.25. The van der Waals surface area contributed by atoms with Crippen LogP contribution in [0.3, 0.4) is 0 Å². The molecule has 1 aliphatic rings. The molecule has 1 atom stereocenters. The fourth-order valence-electron chi connectivity index (χ4n) is 3.12. The molecule has 1 aromatic heterocycles. The lowest BCUT2D eigenvalue weighted by Crippen LogP contribution is -2.21. The number of aromatic nitrogens is 2. The Hall–Kier alpha value is -2.94. The summed E-state index contributed by atoms with van der Waals surface area (Å²) < 4.78 is 5.58. The van der Waals surface area contributed by atoms with Gasteiger partial charge in [0, 0.05) is 0 Å². The Bertz CT molecular complexity index is 1070. The van der Waals surface area contributed by atoms with Gasteiger partial charge in [-0.15, -0.1) is 5.10 Å². The van der Waals surface area contributed by atoms with Gasteiger partial charge in [0.2, 0.25) is 11.8 Å². The molecular weight excluding hydrogens is 371 g/mol. The SMILES string of the molecule is N#CC1=C(N)Oc2n[nH]c(-c3ccccc3)c2C1c1cccc(Cl)c1Cl. The summed E-state index contributed by atoms with van der Waals surface area (Å²) in [7, 11) is 0. The molecule has 1 unspecified atom stereocenters. The molecule has 0 radical (unpaired) electrons. The van der Waals surface area contributed by atoms with Gasteiger partial charge in [-0.1, -0.05) is 65.7 Å². The van der Waals surface area contributed by atoms with Crippen LogP contribution in [0.2, 0.25) is 10.0 Å². The molecule has 0 saturated carbocycles. The Kier molecular flexibility index (Phi) is 4.08. The Morgan fingerprint density at radius 2 is 1.88 bits per heavy atom. The largest absolute Gasteiger partial charge is 0.420 e. The number of nitrogens with zero attached hydrogens (tertiary/aromatic N) is 2. The third-order valence-corrected chi connectivity index (χ3v) is 5.13. The van der Waals surface area contributed by atoms with E-state index in [0.29, 0.717) is 27.1 Å². The minimum atomic E-state index is -0.538. The van der Waals surface area contributed by atoms with Crippen molar-refractivity contribution in [1.29, 1.82) is 5.26 Å². The lowest BCUT2D eigenvalue weighted by molar-refractivity contribution is 0.379. The summed E-state index contributed by atoms with van der Waals surface area (Å²) in [6.07, 6.45) is 0. The molecule has 5 nitrogen and oxygen atoms in total. The van der Waals surface area contributed by atoms with Gasteiger partial charge < -0.3 is 10.5 Å². The molecule has 0 aliphatic carbocycles. The van der Waals surface area contributed by atoms with Gasteiger partial charge in [-0.2, -0.15) is 5.26 Å². The second-order valence-corrected chi connectivity index (χ2v) is 6.54. The molecule has 7 heteroatoms. The highest BCUT2D eigenvalue weighted by atomic mass is 35.5. The molecule has 0 amide bonds. The molecule has 4 rings (SSSR count). The number of ether oxygens (including phenoxy) is 1. The molecule has 2 heterocycles. The predicted molar refractivity (Wildman–Crippen MR) is 99.8 cm³/mol. The number of hydrogen-bond acceptors (Lipinski definition) is 4. The monoisotopic (exact) mass is 382 g/mol. The van der Waals surface area contributed by atoms with Gasteiger partial charge in [-0.3, -0.25) is 5.10 Å². The molecule has 26 heavy (non-hydrogen) atoms. The number of H-pyrrole nitrogens is 1. The Labute approximate surface area is 159 Å². The van der Waals surface area contributed by atoms with Crippen LogP contribution in [0.1, 0.15) is 17.0 Å². The third kappa shape index (κ3) is 2.51. The first-order valence-corrected chi connectivity index (χ1v) is 8.52. The minimum Gasteiger partial charge on any atom is -0.420 e. The topological polar surface area (TPSA) is 87.7 Å². The summed E-state index contributed by atoms with van der Waals surface area (Å²) in [5.74, 6) is -0.211. The summed E-state index contributed by atoms with van der Waals surface area (Å²) in [4.78, 5) is 0. The zero-order valence-electron chi connectivity index (χ0n) is 13.3. The molecule has 0 bridgehead atoms. The number of hydrogen-bond donors (Lipinski definition) is 2. The number of nitrogens with two attached hydrogens (primary N) is 1. The molecule has 0 spiro atoms. The standard InChI is InChI=1S/C19H12Cl2N4O/c20-13-8-4-7-11(16(13)21)14-12(9-22)18(23)26-19-15(14)17(24-25-19)10-5-2-1-3-6-10/h1-8,14H,23H2,(H,24,25). The lowest BCUT2D eigenvalue weighted by atomic mass is 9.83. The first-order chi connectivity index (χ1) is 12.6. The minimum absolute atomic E-state index is 0.00662. The highest BCUT2D eigenvalue weighted by Crippen LogP contribution is 2.48. The van der Waals surface area contributed by atoms with Crippen molar-refractivity contribution in [2.75, 3.05) is 0 Å². The van der Waals surface area contributed by atoms with Crippen molar-refractivity contribution in [3.8, 4) is 23.2 Å². The average molecular weight is 383 g/mol. The van der Waals surface area contributed by atoms with Gasteiger partial charge in [-0.25, -0.2) is 0 Å². The van der Waals surface area contributed by atoms with E-state index in [1.54, 1.807) is 12.1 Å². The molecule has 128 valence electrons. The van der Waals surface area contributed by atoms with E-state index in [0.717, 1.165) is 11.3 Å². The molecule has 2 aromatic carbocycles. The number of halogens is 2. The second kappa shape index (κ2) is 6.41. The van der Waals surface area contributed by atoms with E-state index in [4.69, 9.17) is 33.7 Å². The molecular formula is C19H12Cl2N4O. The van der Waals surface area contributed by atoms with Crippen LogP contribution in [0, 0.1) is 11.3 Å². The summed E-state index contributed by atoms with van der Waals surface area (Å²) in [6, 6.07) is 17.1. The van der Waals surface area contributed by atoms with Crippen molar-refractivity contribution in [2.24, 2.45) is 5.73 Å². The molecule has 1 aliphatic heterocycles. The quantitative estimate of drug-likeness (QED) is 0.677. The van der Waals surface area contributed by atoms with E-state index >= 15 is 0 Å². The van der Waals surface area contributed by atoms with Crippen molar-refractivity contribution >= 4 is 23.2 Å². The summed E-state index contributed by atoms with van der Waals surface area (Å²) in [5, 5.41) is 17.7. The fourth-order valence-corrected chi connectivity index (χ4v) is 3.54. The normalized spacial score (nSPS) is 16.0. The van der Waals surface area contributed by atoms with Crippen LogP contribution in [-0.4, -0.2) is 10.2 Å². The number of aromatic amines is 1. The molecule has 0 fully saturated rings. The van der Waals surface area contributed by atoms with E-state index in [2.05, 4.69) is 16.3 Å². The number of rotatable bonds is 2. The number of benzene rings is 2. The predicted octanol–water partition coefficient (Wildman–Crippen LogP) is 4.60. The molecule has 3 aromatic rings. The molecule has 0 saturated heterocycles. The van der Waals surface area contributed by atoms with Crippen LogP contribution in [0.5, 0.6) is 5.88 Å². The summed E-state index contributed by atoms with van der Waals surface area (Å²) >= 11 is 12.7. The summed E-state index contributed by atoms with van der Waals surface area (Å²) in [5.41, 5.74) is 9.25. The second-order valence-electron chi connectivity index (χ2n) is 5.75. The van der Waals surface area contributed by atoms with E-state index in [9.17, 15) is 5.26 Å². The van der Waals surface area contributed by atoms with E-state index < -0.39 is 5.92 Å².